The number of carbonyl (C=O) groups excluding carboxylic acids is 1. The molecule has 0 atom stereocenters. The van der Waals surface area contributed by atoms with Crippen molar-refractivity contribution in [3.63, 3.8) is 0 Å². The molecule has 0 spiro atoms. The van der Waals surface area contributed by atoms with Crippen molar-refractivity contribution in [3.05, 3.63) is 23.8 Å². The van der Waals surface area contributed by atoms with Crippen molar-refractivity contribution in [1.29, 1.82) is 0 Å². The summed E-state index contributed by atoms with van der Waals surface area (Å²) in [7, 11) is 3.23. The number of rotatable bonds is 1. The van der Waals surface area contributed by atoms with Gasteiger partial charge in [0.1, 0.15) is 0 Å². The van der Waals surface area contributed by atoms with Gasteiger partial charge in [0.05, 0.1) is 11.3 Å². The molecule has 104 valence electrons. The molecule has 0 radical (unpaired) electrons. The van der Waals surface area contributed by atoms with Gasteiger partial charge in [-0.25, -0.2) is 9.59 Å². The number of para-hydroxylation sites is 1. The van der Waals surface area contributed by atoms with E-state index in [4.69, 9.17) is 25.5 Å². The van der Waals surface area contributed by atoms with Crippen molar-refractivity contribution < 1.29 is 29.7 Å². The lowest BCUT2D eigenvalue weighted by atomic mass is 10.1. The number of benzene rings is 1. The molecule has 19 heavy (non-hydrogen) atoms. The number of carboxylic acids is 2. The summed E-state index contributed by atoms with van der Waals surface area (Å²) in [5, 5.41) is 24.2. The van der Waals surface area contributed by atoms with E-state index in [2.05, 4.69) is 0 Å². The van der Waals surface area contributed by atoms with E-state index in [-0.39, 0.29) is 22.9 Å². The number of hydrogen-bond donors (Lipinski definition) is 4. The lowest BCUT2D eigenvalue weighted by Gasteiger charge is -2.11. The molecule has 0 bridgehead atoms. The second-order valence-electron chi connectivity index (χ2n) is 3.55. The number of aromatic hydroxyl groups is 1. The maximum Gasteiger partial charge on any atom is 0.414 e. The van der Waals surface area contributed by atoms with Crippen LogP contribution >= 0.6 is 0 Å². The van der Waals surface area contributed by atoms with Gasteiger partial charge in [-0.2, -0.15) is 0 Å². The fraction of sp³-hybridized carbons (Fsp3) is 0.182. The molecule has 1 aromatic carbocycles. The molecule has 0 saturated carbocycles. The number of carbonyl (C=O) groups is 3. The number of carboxylic acid groups (broad SMARTS) is 2. The van der Waals surface area contributed by atoms with E-state index in [9.17, 15) is 9.90 Å². The largest absolute Gasteiger partial charge is 0.505 e. The molecule has 0 unspecified atom stereocenters. The lowest BCUT2D eigenvalue weighted by Crippen LogP contribution is -2.21. The molecule has 1 rings (SSSR count). The summed E-state index contributed by atoms with van der Waals surface area (Å²) in [4.78, 5) is 31.0. The van der Waals surface area contributed by atoms with Crippen molar-refractivity contribution in [2.45, 2.75) is 0 Å². The van der Waals surface area contributed by atoms with Crippen LogP contribution in [0.15, 0.2) is 18.2 Å². The highest BCUT2D eigenvalue weighted by Gasteiger charge is 2.13. The van der Waals surface area contributed by atoms with Crippen LogP contribution < -0.4 is 5.73 Å². The average molecular weight is 270 g/mol. The highest BCUT2D eigenvalue weighted by Crippen LogP contribution is 2.24. The third kappa shape index (κ3) is 4.94. The second-order valence-corrected chi connectivity index (χ2v) is 3.55. The van der Waals surface area contributed by atoms with Gasteiger partial charge in [0.2, 0.25) is 0 Å². The fourth-order valence-electron chi connectivity index (χ4n) is 0.975. The minimum Gasteiger partial charge on any atom is -0.505 e. The van der Waals surface area contributed by atoms with Crippen LogP contribution in [-0.4, -0.2) is 52.2 Å². The molecule has 8 nitrogen and oxygen atoms in total. The lowest BCUT2D eigenvalue weighted by molar-refractivity contribution is -0.159. The zero-order valence-corrected chi connectivity index (χ0v) is 10.3. The Morgan fingerprint density at radius 1 is 1.11 bits per heavy atom. The fourth-order valence-corrected chi connectivity index (χ4v) is 0.975. The average Bonchev–Trinajstić information content (AvgIpc) is 2.32. The first-order valence-electron chi connectivity index (χ1n) is 4.93. The number of nitrogen functional groups attached to an aromatic ring is 1. The first-order valence-corrected chi connectivity index (χ1v) is 4.93. The van der Waals surface area contributed by atoms with E-state index < -0.39 is 11.9 Å². The van der Waals surface area contributed by atoms with Gasteiger partial charge in [-0.15, -0.1) is 0 Å². The number of amides is 1. The quantitative estimate of drug-likeness (QED) is 0.315. The Hall–Kier alpha value is -2.77. The van der Waals surface area contributed by atoms with Gasteiger partial charge in [-0.1, -0.05) is 6.07 Å². The van der Waals surface area contributed by atoms with Crippen LogP contribution in [0.5, 0.6) is 5.75 Å². The van der Waals surface area contributed by atoms with Crippen LogP contribution in [0.25, 0.3) is 0 Å². The molecule has 0 aliphatic carbocycles. The number of nitrogens with zero attached hydrogens (tertiary/aromatic N) is 1. The van der Waals surface area contributed by atoms with Gasteiger partial charge >= 0.3 is 11.9 Å². The topological polar surface area (TPSA) is 141 Å². The monoisotopic (exact) mass is 270 g/mol. The van der Waals surface area contributed by atoms with Crippen LogP contribution in [0.3, 0.4) is 0 Å². The van der Waals surface area contributed by atoms with Gasteiger partial charge in [0.15, 0.2) is 5.75 Å². The van der Waals surface area contributed by atoms with E-state index in [1.165, 1.54) is 11.0 Å². The Bertz CT molecular complexity index is 486. The molecular formula is C11H14N2O6. The maximum absolute atomic E-state index is 11.4. The van der Waals surface area contributed by atoms with E-state index in [0.29, 0.717) is 0 Å². The molecular weight excluding hydrogens is 256 g/mol. The SMILES string of the molecule is CN(C)C(=O)c1cccc(N)c1O.O=C(O)C(=O)O. The molecule has 1 amide bonds. The minimum atomic E-state index is -1.82. The van der Waals surface area contributed by atoms with Crippen LogP contribution in [0.4, 0.5) is 5.69 Å². The van der Waals surface area contributed by atoms with Gasteiger partial charge in [0.25, 0.3) is 5.91 Å². The molecule has 0 heterocycles. The first-order chi connectivity index (χ1) is 8.68. The standard InChI is InChI=1S/C9H12N2O2.C2H2O4/c1-11(2)9(13)6-4-3-5-7(10)8(6)12;3-1(4)2(5)6/h3-5,12H,10H2,1-2H3;(H,3,4)(H,5,6). The van der Waals surface area contributed by atoms with Crippen molar-refractivity contribution in [2.24, 2.45) is 0 Å². The van der Waals surface area contributed by atoms with Gasteiger partial charge in [-0.05, 0) is 12.1 Å². The molecule has 1 aromatic rings. The summed E-state index contributed by atoms with van der Waals surface area (Å²) in [6, 6.07) is 4.71. The summed E-state index contributed by atoms with van der Waals surface area (Å²) >= 11 is 0. The predicted molar refractivity (Wildman–Crippen MR) is 65.8 cm³/mol. The normalized spacial score (nSPS) is 8.95. The third-order valence-electron chi connectivity index (χ3n) is 1.89. The third-order valence-corrected chi connectivity index (χ3v) is 1.89. The Balaban J connectivity index is 0.000000459. The Morgan fingerprint density at radius 3 is 1.95 bits per heavy atom. The van der Waals surface area contributed by atoms with Gasteiger partial charge in [0, 0.05) is 14.1 Å². The number of hydrogen-bond acceptors (Lipinski definition) is 5. The zero-order chi connectivity index (χ0) is 15.2. The van der Waals surface area contributed by atoms with Gasteiger partial charge < -0.3 is 26.0 Å². The molecule has 0 aromatic heterocycles. The number of phenolic OH excluding ortho intramolecular Hbond substituents is 1. The Kier molecular flexibility index (Phi) is 5.84. The molecule has 0 aliphatic rings. The van der Waals surface area contributed by atoms with Crippen molar-refractivity contribution in [1.82, 2.24) is 4.90 Å². The highest BCUT2D eigenvalue weighted by atomic mass is 16.4. The van der Waals surface area contributed by atoms with Gasteiger partial charge in [-0.3, -0.25) is 4.79 Å². The van der Waals surface area contributed by atoms with Crippen LogP contribution in [-0.2, 0) is 9.59 Å². The van der Waals surface area contributed by atoms with Crippen LogP contribution in [0.2, 0.25) is 0 Å². The number of phenols is 1. The van der Waals surface area contributed by atoms with Crippen LogP contribution in [0, 0.1) is 0 Å². The summed E-state index contributed by atoms with van der Waals surface area (Å²) in [6.07, 6.45) is 0. The number of nitrogens with two attached hydrogens (primary N) is 1. The molecule has 8 heteroatoms. The first kappa shape index (κ1) is 16.2. The zero-order valence-electron chi connectivity index (χ0n) is 10.3. The summed E-state index contributed by atoms with van der Waals surface area (Å²) in [5.74, 6) is -4.06. The van der Waals surface area contributed by atoms with E-state index in [1.807, 2.05) is 0 Å². The number of anilines is 1. The Labute approximate surface area is 108 Å². The summed E-state index contributed by atoms with van der Waals surface area (Å²) in [5.41, 5.74) is 5.88. The number of aliphatic carboxylic acids is 2. The summed E-state index contributed by atoms with van der Waals surface area (Å²) in [6.45, 7) is 0. The second kappa shape index (κ2) is 6.84. The van der Waals surface area contributed by atoms with Crippen molar-refractivity contribution in [2.75, 3.05) is 19.8 Å². The van der Waals surface area contributed by atoms with Crippen LogP contribution in [0.1, 0.15) is 10.4 Å². The maximum atomic E-state index is 11.4. The Morgan fingerprint density at radius 2 is 1.58 bits per heavy atom. The van der Waals surface area contributed by atoms with E-state index in [1.54, 1.807) is 26.2 Å². The van der Waals surface area contributed by atoms with E-state index in [0.717, 1.165) is 0 Å². The summed E-state index contributed by atoms with van der Waals surface area (Å²) < 4.78 is 0. The molecule has 0 saturated heterocycles. The van der Waals surface area contributed by atoms with E-state index >= 15 is 0 Å². The highest BCUT2D eigenvalue weighted by molar-refractivity contribution is 6.27. The smallest absolute Gasteiger partial charge is 0.414 e. The van der Waals surface area contributed by atoms with Crippen molar-refractivity contribution in [3.8, 4) is 5.75 Å². The molecule has 0 fully saturated rings. The van der Waals surface area contributed by atoms with Crippen molar-refractivity contribution >= 4 is 23.5 Å². The predicted octanol–water partition coefficient (Wildman–Crippen LogP) is -0.168. The minimum absolute atomic E-state index is 0.152. The molecule has 0 aliphatic heterocycles. The molecule has 5 N–H and O–H groups in total.